The smallest absolute Gasteiger partial charge is 0.266 e. The zero-order valence-corrected chi connectivity index (χ0v) is 22.4. The van der Waals surface area contributed by atoms with Crippen LogP contribution in [0.15, 0.2) is 42.5 Å². The molecule has 3 aromatic rings. The summed E-state index contributed by atoms with van der Waals surface area (Å²) in [6, 6.07) is 12.0. The van der Waals surface area contributed by atoms with E-state index in [1.165, 1.54) is 12.8 Å². The average molecular weight is 559 g/mol. The van der Waals surface area contributed by atoms with Crippen LogP contribution in [0.4, 0.5) is 25.8 Å². The molecule has 1 spiro atoms. The Labute approximate surface area is 226 Å². The number of piperidine rings is 1. The summed E-state index contributed by atoms with van der Waals surface area (Å²) >= 11 is 0. The summed E-state index contributed by atoms with van der Waals surface area (Å²) in [7, 11) is -3.73. The van der Waals surface area contributed by atoms with Gasteiger partial charge in [0.25, 0.3) is 11.8 Å². The first-order valence-corrected chi connectivity index (χ1v) is 15.0. The standard InChI is InChI=1S/C28H32F2N4O4S/c29-28(30)7-6-20-17-22-23(2-1-3-24(22)34(20)18-28)31-26(36)21-5-4-19(32-39(37,38)15-14-35)16-25(21)33-12-10-27(8-9-27)11-13-33/h1-5,16-17,32,35H,6-15,18H2,(H,31,36). The van der Waals surface area contributed by atoms with Crippen molar-refractivity contribution in [3.05, 3.63) is 53.7 Å². The fourth-order valence-corrected chi connectivity index (χ4v) is 6.78. The fraction of sp³-hybridized carbons (Fsp3) is 0.464. The van der Waals surface area contributed by atoms with Gasteiger partial charge in [-0.15, -0.1) is 0 Å². The maximum atomic E-state index is 14.1. The molecule has 1 saturated carbocycles. The Kier molecular flexibility index (Phi) is 6.33. The van der Waals surface area contributed by atoms with E-state index in [0.29, 0.717) is 38.9 Å². The zero-order valence-electron chi connectivity index (χ0n) is 21.6. The van der Waals surface area contributed by atoms with Crippen molar-refractivity contribution in [2.24, 2.45) is 5.41 Å². The molecule has 0 radical (unpaired) electrons. The number of alkyl halides is 2. The molecule has 1 aromatic heterocycles. The van der Waals surface area contributed by atoms with Gasteiger partial charge in [-0.1, -0.05) is 6.07 Å². The number of carbonyl (C=O) groups excluding carboxylic acids is 1. The number of benzene rings is 2. The molecule has 3 aliphatic rings. The van der Waals surface area contributed by atoms with Crippen molar-refractivity contribution in [1.82, 2.24) is 4.57 Å². The molecule has 1 aliphatic carbocycles. The first-order valence-electron chi connectivity index (χ1n) is 13.4. The second kappa shape index (κ2) is 9.48. The molecule has 1 saturated heterocycles. The topological polar surface area (TPSA) is 104 Å². The van der Waals surface area contributed by atoms with Gasteiger partial charge in [-0.2, -0.15) is 0 Å². The van der Waals surface area contributed by atoms with Crippen LogP contribution in [0.2, 0.25) is 0 Å². The number of halogens is 2. The third-order valence-corrected chi connectivity index (χ3v) is 9.68. The number of amides is 1. The second-order valence-corrected chi connectivity index (χ2v) is 13.0. The van der Waals surface area contributed by atoms with Crippen molar-refractivity contribution in [1.29, 1.82) is 0 Å². The third kappa shape index (κ3) is 5.21. The lowest BCUT2D eigenvalue weighted by Crippen LogP contribution is -2.35. The predicted molar refractivity (Wildman–Crippen MR) is 147 cm³/mol. The van der Waals surface area contributed by atoms with E-state index in [2.05, 4.69) is 14.9 Å². The van der Waals surface area contributed by atoms with Crippen LogP contribution in [0.1, 0.15) is 48.2 Å². The third-order valence-electron chi connectivity index (χ3n) is 8.41. The first-order chi connectivity index (χ1) is 18.6. The van der Waals surface area contributed by atoms with E-state index in [1.807, 2.05) is 6.07 Å². The van der Waals surface area contributed by atoms with E-state index in [4.69, 9.17) is 5.11 Å². The SMILES string of the molecule is O=C(Nc1cccc2c1cc1n2CC(F)(F)CC1)c1ccc(NS(=O)(=O)CCO)cc1N1CCC2(CC1)CC2. The lowest BCUT2D eigenvalue weighted by Gasteiger charge is -2.35. The summed E-state index contributed by atoms with van der Waals surface area (Å²) < 4.78 is 56.9. The highest BCUT2D eigenvalue weighted by atomic mass is 32.2. The fourth-order valence-electron chi connectivity index (χ4n) is 5.95. The molecule has 208 valence electrons. The largest absolute Gasteiger partial charge is 0.395 e. The molecule has 0 bridgehead atoms. The molecule has 1 amide bonds. The number of hydrogen-bond acceptors (Lipinski definition) is 5. The number of rotatable bonds is 7. The Morgan fingerprint density at radius 3 is 2.51 bits per heavy atom. The number of hydrogen-bond donors (Lipinski definition) is 3. The number of aryl methyl sites for hydroxylation is 1. The Morgan fingerprint density at radius 1 is 1.03 bits per heavy atom. The van der Waals surface area contributed by atoms with Gasteiger partial charge in [0, 0.05) is 30.6 Å². The number of nitrogens with one attached hydrogen (secondary N) is 2. The maximum absolute atomic E-state index is 14.1. The normalized spacial score (nSPS) is 19.6. The molecule has 39 heavy (non-hydrogen) atoms. The van der Waals surface area contributed by atoms with Crippen LogP contribution in [0.5, 0.6) is 0 Å². The van der Waals surface area contributed by atoms with Crippen LogP contribution >= 0.6 is 0 Å². The number of anilines is 3. The van der Waals surface area contributed by atoms with E-state index in [0.717, 1.165) is 31.6 Å². The van der Waals surface area contributed by atoms with Crippen molar-refractivity contribution < 1.29 is 27.1 Å². The van der Waals surface area contributed by atoms with Gasteiger partial charge in [-0.25, -0.2) is 17.2 Å². The number of sulfonamides is 1. The zero-order chi connectivity index (χ0) is 27.4. The van der Waals surface area contributed by atoms with Gasteiger partial charge in [-0.3, -0.25) is 9.52 Å². The molecule has 11 heteroatoms. The Morgan fingerprint density at radius 2 is 1.79 bits per heavy atom. The van der Waals surface area contributed by atoms with Gasteiger partial charge < -0.3 is 19.9 Å². The minimum atomic E-state index is -3.73. The van der Waals surface area contributed by atoms with Crippen LogP contribution in [-0.2, 0) is 23.0 Å². The maximum Gasteiger partial charge on any atom is 0.266 e. The molecule has 3 N–H and O–H groups in total. The molecule has 0 unspecified atom stereocenters. The minimum absolute atomic E-state index is 0.195. The van der Waals surface area contributed by atoms with Crippen molar-refractivity contribution in [3.8, 4) is 0 Å². The summed E-state index contributed by atoms with van der Waals surface area (Å²) in [6.07, 6.45) is 4.58. The number of aliphatic hydroxyl groups excluding tert-OH is 1. The summed E-state index contributed by atoms with van der Waals surface area (Å²) in [5, 5.41) is 12.8. The average Bonchev–Trinajstić information content (AvgIpc) is 3.54. The molecular formula is C28H32F2N4O4S. The highest BCUT2D eigenvalue weighted by Crippen LogP contribution is 2.54. The molecule has 2 fully saturated rings. The number of fused-ring (bicyclic) bond motifs is 3. The highest BCUT2D eigenvalue weighted by molar-refractivity contribution is 7.92. The predicted octanol–water partition coefficient (Wildman–Crippen LogP) is 4.59. The Balaban J connectivity index is 1.32. The summed E-state index contributed by atoms with van der Waals surface area (Å²) in [5.74, 6) is -3.54. The molecule has 6 rings (SSSR count). The monoisotopic (exact) mass is 558 g/mol. The van der Waals surface area contributed by atoms with Gasteiger partial charge >= 0.3 is 0 Å². The molecule has 2 aromatic carbocycles. The van der Waals surface area contributed by atoms with E-state index in [9.17, 15) is 22.0 Å². The van der Waals surface area contributed by atoms with Crippen LogP contribution in [-0.4, -0.2) is 55.4 Å². The van der Waals surface area contributed by atoms with Gasteiger partial charge in [0.2, 0.25) is 10.0 Å². The number of aliphatic hydroxyl groups is 1. The van der Waals surface area contributed by atoms with Gasteiger partial charge in [0.15, 0.2) is 0 Å². The summed E-state index contributed by atoms with van der Waals surface area (Å²) in [4.78, 5) is 15.8. The van der Waals surface area contributed by atoms with Crippen LogP contribution in [0, 0.1) is 5.41 Å². The quantitative estimate of drug-likeness (QED) is 0.394. The second-order valence-electron chi connectivity index (χ2n) is 11.1. The van der Waals surface area contributed by atoms with E-state index in [-0.39, 0.29) is 25.3 Å². The van der Waals surface area contributed by atoms with Gasteiger partial charge in [0.1, 0.15) is 0 Å². The lowest BCUT2D eigenvalue weighted by molar-refractivity contribution is -0.0329. The summed E-state index contributed by atoms with van der Waals surface area (Å²) in [5.41, 5.74) is 3.79. The number of nitrogens with zero attached hydrogens (tertiary/aromatic N) is 2. The molecule has 3 heterocycles. The Hall–Kier alpha value is -3.18. The van der Waals surface area contributed by atoms with E-state index in [1.54, 1.807) is 41.0 Å². The summed E-state index contributed by atoms with van der Waals surface area (Å²) in [6.45, 7) is 0.660. The van der Waals surface area contributed by atoms with Crippen LogP contribution in [0.3, 0.4) is 0 Å². The van der Waals surface area contributed by atoms with Crippen LogP contribution in [0.25, 0.3) is 10.9 Å². The van der Waals surface area contributed by atoms with Crippen molar-refractivity contribution in [3.63, 3.8) is 0 Å². The van der Waals surface area contributed by atoms with Crippen molar-refractivity contribution >= 4 is 43.9 Å². The molecule has 0 atom stereocenters. The highest BCUT2D eigenvalue weighted by Gasteiger charge is 2.44. The molecule has 8 nitrogen and oxygen atoms in total. The number of aromatic nitrogens is 1. The van der Waals surface area contributed by atoms with Crippen LogP contribution < -0.4 is 14.9 Å². The van der Waals surface area contributed by atoms with Crippen molar-refractivity contribution in [2.45, 2.75) is 51.0 Å². The first kappa shape index (κ1) is 26.1. The molecule has 2 aliphatic heterocycles. The van der Waals surface area contributed by atoms with E-state index >= 15 is 0 Å². The van der Waals surface area contributed by atoms with Gasteiger partial charge in [-0.05, 0) is 73.9 Å². The van der Waals surface area contributed by atoms with Gasteiger partial charge in [0.05, 0.1) is 47.0 Å². The van der Waals surface area contributed by atoms with E-state index < -0.39 is 28.3 Å². The minimum Gasteiger partial charge on any atom is -0.395 e. The number of carbonyl (C=O) groups is 1. The Bertz CT molecular complexity index is 1540. The lowest BCUT2D eigenvalue weighted by atomic mass is 9.93. The molecular weight excluding hydrogens is 526 g/mol. The van der Waals surface area contributed by atoms with Crippen molar-refractivity contribution in [2.75, 3.05) is 40.4 Å².